The van der Waals surface area contributed by atoms with Gasteiger partial charge in [0.05, 0.1) is 10.6 Å². The van der Waals surface area contributed by atoms with E-state index in [1.807, 2.05) is 13.1 Å². The van der Waals surface area contributed by atoms with Crippen LogP contribution in [0.25, 0.3) is 0 Å². The first-order chi connectivity index (χ1) is 11.2. The lowest BCUT2D eigenvalue weighted by Gasteiger charge is -2.27. The van der Waals surface area contributed by atoms with Crippen LogP contribution in [0.5, 0.6) is 0 Å². The van der Waals surface area contributed by atoms with Crippen LogP contribution in [-0.2, 0) is 26.5 Å². The number of anilines is 1. The van der Waals surface area contributed by atoms with Crippen molar-refractivity contribution in [2.24, 2.45) is 0 Å². The zero-order valence-corrected chi connectivity index (χ0v) is 15.7. The third-order valence-electron chi connectivity index (χ3n) is 4.07. The van der Waals surface area contributed by atoms with Crippen molar-refractivity contribution in [3.05, 3.63) is 23.8 Å². The van der Waals surface area contributed by atoms with Gasteiger partial charge in [-0.25, -0.2) is 26.3 Å². The number of nitrogens with zero attached hydrogens (tertiary/aromatic N) is 1. The number of fused-ring (bicyclic) bond motifs is 1. The maximum atomic E-state index is 12.4. The topological polar surface area (TPSA) is 95.6 Å². The van der Waals surface area contributed by atoms with Crippen LogP contribution in [0, 0.1) is 0 Å². The van der Waals surface area contributed by atoms with Crippen molar-refractivity contribution >= 4 is 25.7 Å². The molecule has 1 aliphatic heterocycles. The second kappa shape index (κ2) is 7.81. The molecule has 0 saturated carbocycles. The molecule has 1 aliphatic rings. The van der Waals surface area contributed by atoms with E-state index in [9.17, 15) is 16.8 Å². The molecule has 0 amide bonds. The van der Waals surface area contributed by atoms with E-state index >= 15 is 0 Å². The number of hydrogen-bond acceptors (Lipinski definition) is 5. The van der Waals surface area contributed by atoms with E-state index in [0.717, 1.165) is 30.6 Å². The summed E-state index contributed by atoms with van der Waals surface area (Å²) in [6.07, 6.45) is 2.43. The van der Waals surface area contributed by atoms with Crippen LogP contribution < -0.4 is 14.3 Å². The maximum absolute atomic E-state index is 12.4. The van der Waals surface area contributed by atoms with Crippen LogP contribution >= 0.6 is 0 Å². The van der Waals surface area contributed by atoms with Crippen molar-refractivity contribution in [3.63, 3.8) is 0 Å². The number of hydrogen-bond donors (Lipinski definition) is 2. The van der Waals surface area contributed by atoms with Crippen LogP contribution in [0.15, 0.2) is 23.1 Å². The van der Waals surface area contributed by atoms with Gasteiger partial charge in [-0.3, -0.25) is 0 Å². The van der Waals surface area contributed by atoms with Crippen LogP contribution in [0.1, 0.15) is 25.3 Å². The second-order valence-corrected chi connectivity index (χ2v) is 9.73. The highest BCUT2D eigenvalue weighted by Crippen LogP contribution is 2.28. The zero-order chi connectivity index (χ0) is 17.8. The lowest BCUT2D eigenvalue weighted by Crippen LogP contribution is -2.31. The molecule has 1 aromatic rings. The molecule has 0 aromatic heterocycles. The SMILES string of the molecule is CCS(=O)(=O)NCCCNS(=O)(=O)c1ccc2c(c1)N(C)CCC2. The van der Waals surface area contributed by atoms with Gasteiger partial charge in [0.1, 0.15) is 0 Å². The van der Waals surface area contributed by atoms with E-state index in [0.29, 0.717) is 6.42 Å². The fourth-order valence-electron chi connectivity index (χ4n) is 2.61. The summed E-state index contributed by atoms with van der Waals surface area (Å²) in [6, 6.07) is 5.20. The fraction of sp³-hybridized carbons (Fsp3) is 0.600. The molecule has 2 N–H and O–H groups in total. The first kappa shape index (κ1) is 19.2. The summed E-state index contributed by atoms with van der Waals surface area (Å²) in [5, 5.41) is 0. The van der Waals surface area contributed by atoms with Gasteiger partial charge in [-0.2, -0.15) is 0 Å². The normalized spacial score (nSPS) is 15.3. The Bertz CT molecular complexity index is 776. The van der Waals surface area contributed by atoms with Gasteiger partial charge in [0.2, 0.25) is 20.0 Å². The molecule has 0 fully saturated rings. The molecule has 7 nitrogen and oxygen atoms in total. The number of aryl methyl sites for hydroxylation is 1. The van der Waals surface area contributed by atoms with E-state index in [4.69, 9.17) is 0 Å². The minimum absolute atomic E-state index is 0.0152. The highest BCUT2D eigenvalue weighted by Gasteiger charge is 2.19. The quantitative estimate of drug-likeness (QED) is 0.652. The number of benzene rings is 1. The van der Waals surface area contributed by atoms with Crippen LogP contribution in [0.3, 0.4) is 0 Å². The predicted octanol–water partition coefficient (Wildman–Crippen LogP) is 0.677. The molecule has 2 rings (SSSR count). The van der Waals surface area contributed by atoms with Gasteiger partial charge in [0.15, 0.2) is 0 Å². The molecule has 0 saturated heterocycles. The fourth-order valence-corrected chi connectivity index (χ4v) is 4.37. The first-order valence-corrected chi connectivity index (χ1v) is 11.2. The monoisotopic (exact) mass is 375 g/mol. The third kappa shape index (κ3) is 4.92. The largest absolute Gasteiger partial charge is 0.374 e. The van der Waals surface area contributed by atoms with Crippen LogP contribution in [-0.4, -0.2) is 49.3 Å². The maximum Gasteiger partial charge on any atom is 0.240 e. The summed E-state index contributed by atoms with van der Waals surface area (Å²) >= 11 is 0. The molecular formula is C15H25N3O4S2. The van der Waals surface area contributed by atoms with E-state index in [1.165, 1.54) is 0 Å². The second-order valence-electron chi connectivity index (χ2n) is 5.86. The van der Waals surface area contributed by atoms with Crippen molar-refractivity contribution in [1.82, 2.24) is 9.44 Å². The minimum atomic E-state index is -3.59. The highest BCUT2D eigenvalue weighted by molar-refractivity contribution is 7.89. The van der Waals surface area contributed by atoms with Gasteiger partial charge in [0.25, 0.3) is 0 Å². The summed E-state index contributed by atoms with van der Waals surface area (Å²) in [6.45, 7) is 2.87. The van der Waals surface area contributed by atoms with E-state index in [-0.39, 0.29) is 23.7 Å². The summed E-state index contributed by atoms with van der Waals surface area (Å²) in [5.41, 5.74) is 2.12. The van der Waals surface area contributed by atoms with Crippen LogP contribution in [0.4, 0.5) is 5.69 Å². The standard InChI is InChI=1S/C15H25N3O4S2/c1-3-23(19,20)16-9-5-10-17-24(21,22)14-8-7-13-6-4-11-18(2)15(13)12-14/h7-8,12,16-17H,3-6,9-11H2,1-2H3. The average Bonchev–Trinajstić information content (AvgIpc) is 2.54. The summed E-state index contributed by atoms with van der Waals surface area (Å²) in [7, 11) is -4.87. The van der Waals surface area contributed by atoms with Gasteiger partial charge in [0, 0.05) is 32.4 Å². The summed E-state index contributed by atoms with van der Waals surface area (Å²) in [4.78, 5) is 2.31. The third-order valence-corrected chi connectivity index (χ3v) is 6.93. The summed E-state index contributed by atoms with van der Waals surface area (Å²) in [5.74, 6) is 0.0152. The molecule has 9 heteroatoms. The minimum Gasteiger partial charge on any atom is -0.374 e. The zero-order valence-electron chi connectivity index (χ0n) is 14.1. The smallest absolute Gasteiger partial charge is 0.240 e. The lowest BCUT2D eigenvalue weighted by atomic mass is 10.0. The first-order valence-electron chi connectivity index (χ1n) is 8.06. The Morgan fingerprint density at radius 3 is 2.54 bits per heavy atom. The Morgan fingerprint density at radius 1 is 1.12 bits per heavy atom. The van der Waals surface area contributed by atoms with Gasteiger partial charge >= 0.3 is 0 Å². The number of sulfonamides is 2. The van der Waals surface area contributed by atoms with Crippen molar-refractivity contribution in [1.29, 1.82) is 0 Å². The number of rotatable bonds is 8. The molecule has 136 valence electrons. The molecule has 0 radical (unpaired) electrons. The molecule has 0 unspecified atom stereocenters. The van der Waals surface area contributed by atoms with Crippen molar-refractivity contribution < 1.29 is 16.8 Å². The molecule has 0 spiro atoms. The Hall–Kier alpha value is -1.16. The lowest BCUT2D eigenvalue weighted by molar-refractivity contribution is 0.573. The van der Waals surface area contributed by atoms with Gasteiger partial charge in [-0.1, -0.05) is 6.07 Å². The Labute approximate surface area is 144 Å². The number of nitrogens with one attached hydrogen (secondary N) is 2. The molecule has 1 aromatic carbocycles. The van der Waals surface area contributed by atoms with Crippen LogP contribution in [0.2, 0.25) is 0 Å². The van der Waals surface area contributed by atoms with E-state index in [2.05, 4.69) is 14.3 Å². The molecule has 24 heavy (non-hydrogen) atoms. The Balaban J connectivity index is 1.95. The molecule has 0 atom stereocenters. The molecule has 0 bridgehead atoms. The van der Waals surface area contributed by atoms with Crippen molar-refractivity contribution in [3.8, 4) is 0 Å². The average molecular weight is 376 g/mol. The van der Waals surface area contributed by atoms with Crippen molar-refractivity contribution in [2.75, 3.05) is 37.3 Å². The van der Waals surface area contributed by atoms with Gasteiger partial charge < -0.3 is 4.90 Å². The van der Waals surface area contributed by atoms with Gasteiger partial charge in [-0.05, 0) is 43.9 Å². The Kier molecular flexibility index (Phi) is 6.24. The molecule has 1 heterocycles. The van der Waals surface area contributed by atoms with E-state index in [1.54, 1.807) is 19.1 Å². The van der Waals surface area contributed by atoms with E-state index < -0.39 is 20.0 Å². The molecular weight excluding hydrogens is 350 g/mol. The predicted molar refractivity (Wildman–Crippen MR) is 95.3 cm³/mol. The van der Waals surface area contributed by atoms with Gasteiger partial charge in [-0.15, -0.1) is 0 Å². The Morgan fingerprint density at radius 2 is 1.83 bits per heavy atom. The summed E-state index contributed by atoms with van der Waals surface area (Å²) < 4.78 is 52.3. The van der Waals surface area contributed by atoms with Crippen molar-refractivity contribution in [2.45, 2.75) is 31.1 Å². The highest BCUT2D eigenvalue weighted by atomic mass is 32.2. The molecule has 0 aliphatic carbocycles.